The summed E-state index contributed by atoms with van der Waals surface area (Å²) in [5, 5.41) is 8.39. The topological polar surface area (TPSA) is 208 Å². The largest absolute Gasteiger partial charge is 0.403 e. The van der Waals surface area contributed by atoms with Gasteiger partial charge in [-0.1, -0.05) is 48.8 Å². The Bertz CT molecular complexity index is 2350. The van der Waals surface area contributed by atoms with Crippen LogP contribution in [0.25, 0.3) is 22.2 Å². The van der Waals surface area contributed by atoms with Crippen LogP contribution >= 0.6 is 0 Å². The summed E-state index contributed by atoms with van der Waals surface area (Å²) >= 11 is 0. The minimum Gasteiger partial charge on any atom is -0.403 e. The molecule has 0 atom stereocenters. The number of oxime groups is 2. The van der Waals surface area contributed by atoms with E-state index in [1.165, 1.54) is 12.1 Å². The number of aromatic nitrogens is 5. The highest BCUT2D eigenvalue weighted by molar-refractivity contribution is 6.01. The number of H-pyrrole nitrogens is 2. The van der Waals surface area contributed by atoms with Crippen LogP contribution in [0.5, 0.6) is 12.0 Å². The number of nitrogens with one attached hydrogen (secondary N) is 2. The lowest BCUT2D eigenvalue weighted by Gasteiger charge is -2.05. The predicted molar refractivity (Wildman–Crippen MR) is 182 cm³/mol. The average Bonchev–Trinajstić information content (AvgIpc) is 3.64. The maximum atomic E-state index is 12.4. The average molecular weight is 668 g/mol. The predicted octanol–water partition coefficient (Wildman–Crippen LogP) is 4.50. The maximum absolute atomic E-state index is 12.4. The van der Waals surface area contributed by atoms with Gasteiger partial charge < -0.3 is 18.5 Å². The second-order valence-corrected chi connectivity index (χ2v) is 10.8. The summed E-state index contributed by atoms with van der Waals surface area (Å²) in [5.41, 5.74) is 2.12. The second-order valence-electron chi connectivity index (χ2n) is 10.8. The molecule has 0 aliphatic heterocycles. The standard InChI is InChI=1S/C18H19N3O4.C16H14N4O4/c1-3-4-7-13-10-14(22)24-17-15(13)16(23)19-18(20-17)25-21-11(2)12-8-5-6-9-12;1-3-10-8-12(21)23-15-13(10)14(22)18-16(19-15)24-20-9(2)11-4-6-17-7-5-11/h5,8-10H,3-4,6-7H2,1-2H3,(H,19,20,23);4-8H,3H2,1-2H3,(H,18,19,22)/b21-11-;20-9-. The Hall–Kier alpha value is -6.25. The number of aryl methyl sites for hydroxylation is 2. The fourth-order valence-electron chi connectivity index (χ4n) is 4.84. The van der Waals surface area contributed by atoms with Crippen LogP contribution in [0.4, 0.5) is 0 Å². The van der Waals surface area contributed by atoms with Crippen LogP contribution in [-0.4, -0.2) is 36.3 Å². The minimum absolute atomic E-state index is 0.0369. The molecule has 6 rings (SSSR count). The van der Waals surface area contributed by atoms with E-state index in [1.54, 1.807) is 38.4 Å². The van der Waals surface area contributed by atoms with Crippen molar-refractivity contribution in [2.24, 2.45) is 10.3 Å². The van der Waals surface area contributed by atoms with Crippen molar-refractivity contribution in [1.82, 2.24) is 24.9 Å². The number of rotatable bonds is 10. The molecule has 1 aliphatic carbocycles. The van der Waals surface area contributed by atoms with E-state index in [1.807, 2.05) is 32.1 Å². The molecule has 5 aromatic heterocycles. The third kappa shape index (κ3) is 8.38. The van der Waals surface area contributed by atoms with Crippen molar-refractivity contribution in [3.63, 3.8) is 0 Å². The molecular weight excluding hydrogens is 634 g/mol. The van der Waals surface area contributed by atoms with E-state index < -0.39 is 22.4 Å². The zero-order valence-corrected chi connectivity index (χ0v) is 27.2. The van der Waals surface area contributed by atoms with Crippen molar-refractivity contribution >= 4 is 33.6 Å². The van der Waals surface area contributed by atoms with Gasteiger partial charge in [0.05, 0.1) is 11.4 Å². The highest BCUT2D eigenvalue weighted by Gasteiger charge is 2.15. The van der Waals surface area contributed by atoms with Gasteiger partial charge in [0.2, 0.25) is 11.4 Å². The van der Waals surface area contributed by atoms with E-state index in [-0.39, 0.29) is 34.2 Å². The number of fused-ring (bicyclic) bond motifs is 2. The maximum Gasteiger partial charge on any atom is 0.337 e. The molecule has 0 spiro atoms. The second kappa shape index (κ2) is 15.6. The Balaban J connectivity index is 0.000000191. The van der Waals surface area contributed by atoms with Crippen LogP contribution in [0.3, 0.4) is 0 Å². The number of pyridine rings is 1. The lowest BCUT2D eigenvalue weighted by Crippen LogP contribution is -2.15. The smallest absolute Gasteiger partial charge is 0.337 e. The normalized spacial score (nSPS) is 12.9. The molecule has 0 unspecified atom stereocenters. The fraction of sp³-hybridized carbons (Fsp3) is 0.265. The van der Waals surface area contributed by atoms with Gasteiger partial charge in [0.15, 0.2) is 0 Å². The lowest BCUT2D eigenvalue weighted by molar-refractivity contribution is 0.311. The van der Waals surface area contributed by atoms with Gasteiger partial charge in [-0.15, -0.1) is 0 Å². The molecule has 0 bridgehead atoms. The Morgan fingerprint density at radius 2 is 1.41 bits per heavy atom. The van der Waals surface area contributed by atoms with Gasteiger partial charge in [-0.25, -0.2) is 9.59 Å². The number of unbranched alkanes of at least 4 members (excludes halogenated alkanes) is 1. The van der Waals surface area contributed by atoms with Gasteiger partial charge in [0.1, 0.15) is 10.8 Å². The molecular formula is C34H33N7O8. The zero-order chi connectivity index (χ0) is 34.9. The first kappa shape index (κ1) is 34.1. The van der Waals surface area contributed by atoms with Crippen LogP contribution in [0, 0.1) is 0 Å². The first-order valence-electron chi connectivity index (χ1n) is 15.5. The zero-order valence-electron chi connectivity index (χ0n) is 27.2. The molecule has 0 saturated carbocycles. The summed E-state index contributed by atoms with van der Waals surface area (Å²) < 4.78 is 10.1. The summed E-state index contributed by atoms with van der Waals surface area (Å²) in [6, 6.07) is 5.89. The molecule has 5 aromatic rings. The van der Waals surface area contributed by atoms with Gasteiger partial charge in [-0.3, -0.25) is 24.5 Å². The number of hydrogen-bond acceptors (Lipinski definition) is 13. The quantitative estimate of drug-likeness (QED) is 0.157. The van der Waals surface area contributed by atoms with Gasteiger partial charge in [-0.2, -0.15) is 9.97 Å². The van der Waals surface area contributed by atoms with E-state index in [4.69, 9.17) is 18.5 Å². The fourth-order valence-corrected chi connectivity index (χ4v) is 4.84. The third-order valence-electron chi connectivity index (χ3n) is 7.36. The van der Waals surface area contributed by atoms with E-state index in [0.717, 1.165) is 30.4 Å². The molecule has 0 fully saturated rings. The van der Waals surface area contributed by atoms with Crippen molar-refractivity contribution in [1.29, 1.82) is 0 Å². The van der Waals surface area contributed by atoms with Crippen molar-refractivity contribution < 1.29 is 18.5 Å². The summed E-state index contributed by atoms with van der Waals surface area (Å²) in [7, 11) is 0. The minimum atomic E-state index is -0.570. The Morgan fingerprint density at radius 3 is 1.96 bits per heavy atom. The molecule has 0 radical (unpaired) electrons. The summed E-state index contributed by atoms with van der Waals surface area (Å²) in [5.74, 6) is 0. The molecule has 5 heterocycles. The first-order chi connectivity index (χ1) is 23.7. The molecule has 49 heavy (non-hydrogen) atoms. The van der Waals surface area contributed by atoms with Crippen molar-refractivity contribution in [2.45, 2.75) is 59.8 Å². The van der Waals surface area contributed by atoms with Crippen LogP contribution in [-0.2, 0) is 12.8 Å². The molecule has 252 valence electrons. The molecule has 0 saturated heterocycles. The van der Waals surface area contributed by atoms with Crippen LogP contribution in [0.15, 0.2) is 98.8 Å². The third-order valence-corrected chi connectivity index (χ3v) is 7.36. The number of hydrogen-bond donors (Lipinski definition) is 2. The summed E-state index contributed by atoms with van der Waals surface area (Å²) in [4.78, 5) is 75.3. The van der Waals surface area contributed by atoms with Crippen LogP contribution in [0.1, 0.15) is 63.6 Å². The molecule has 1 aliphatic rings. The van der Waals surface area contributed by atoms with Gasteiger partial charge in [0.25, 0.3) is 11.1 Å². The van der Waals surface area contributed by atoms with E-state index in [2.05, 4.69) is 35.2 Å². The van der Waals surface area contributed by atoms with Gasteiger partial charge in [0, 0.05) is 30.1 Å². The van der Waals surface area contributed by atoms with Crippen molar-refractivity contribution in [3.8, 4) is 12.0 Å². The van der Waals surface area contributed by atoms with Gasteiger partial charge in [-0.05, 0) is 68.4 Å². The monoisotopic (exact) mass is 667 g/mol. The molecule has 2 N–H and O–H groups in total. The number of nitrogens with zero attached hydrogens (tertiary/aromatic N) is 5. The van der Waals surface area contributed by atoms with Crippen molar-refractivity contribution in [2.75, 3.05) is 0 Å². The first-order valence-corrected chi connectivity index (χ1v) is 15.5. The Kier molecular flexibility index (Phi) is 10.8. The molecule has 15 heteroatoms. The number of aromatic amines is 2. The van der Waals surface area contributed by atoms with E-state index in [0.29, 0.717) is 35.4 Å². The molecule has 0 amide bonds. The highest BCUT2D eigenvalue weighted by Crippen LogP contribution is 2.17. The highest BCUT2D eigenvalue weighted by atomic mass is 16.6. The summed E-state index contributed by atoms with van der Waals surface area (Å²) in [6.07, 6.45) is 13.0. The SMILES string of the molecule is CCCCc1cc(=O)oc2nc(O/N=C(/C)C3=CCC=C3)[nH]c(=O)c12.CCc1cc(=O)oc2nc(O/N=C(/C)c3ccncc3)[nH]c(=O)c12. The van der Waals surface area contributed by atoms with Crippen LogP contribution < -0.4 is 32.0 Å². The summed E-state index contributed by atoms with van der Waals surface area (Å²) in [6.45, 7) is 7.41. The lowest BCUT2D eigenvalue weighted by atomic mass is 10.1. The Morgan fingerprint density at radius 1 is 0.837 bits per heavy atom. The van der Waals surface area contributed by atoms with Crippen molar-refractivity contribution in [3.05, 3.63) is 119 Å². The molecule has 15 nitrogen and oxygen atoms in total. The number of allylic oxidation sites excluding steroid dienone is 4. The Labute approximate surface area is 277 Å². The van der Waals surface area contributed by atoms with E-state index in [9.17, 15) is 19.2 Å². The van der Waals surface area contributed by atoms with E-state index >= 15 is 0 Å². The molecule has 0 aromatic carbocycles. The van der Waals surface area contributed by atoms with Gasteiger partial charge >= 0.3 is 23.3 Å². The van der Waals surface area contributed by atoms with Crippen LogP contribution in [0.2, 0.25) is 0 Å².